The molecule has 0 saturated carbocycles. The van der Waals surface area contributed by atoms with E-state index in [0.29, 0.717) is 24.0 Å². The molecular weight excluding hydrogens is 228 g/mol. The van der Waals surface area contributed by atoms with Crippen molar-refractivity contribution < 1.29 is 9.53 Å². The van der Waals surface area contributed by atoms with Gasteiger partial charge in [-0.1, -0.05) is 13.8 Å². The third kappa shape index (κ3) is 2.69. The van der Waals surface area contributed by atoms with Gasteiger partial charge < -0.3 is 10.5 Å². The number of carbonyl (C=O) groups is 1. The van der Waals surface area contributed by atoms with Crippen molar-refractivity contribution in [1.29, 1.82) is 0 Å². The number of piperidine rings is 1. The number of esters is 1. The molecule has 3 atom stereocenters. The van der Waals surface area contributed by atoms with Crippen molar-refractivity contribution >= 4 is 5.97 Å². The Morgan fingerprint density at radius 1 is 1.33 bits per heavy atom. The smallest absolute Gasteiger partial charge is 0.323 e. The van der Waals surface area contributed by atoms with Crippen LogP contribution in [-0.2, 0) is 9.53 Å². The molecule has 2 fully saturated rings. The van der Waals surface area contributed by atoms with E-state index in [9.17, 15) is 4.79 Å². The number of nitrogens with zero attached hydrogens (tertiary/aromatic N) is 1. The Morgan fingerprint density at radius 2 is 1.89 bits per heavy atom. The van der Waals surface area contributed by atoms with Crippen LogP contribution in [-0.4, -0.2) is 42.1 Å². The van der Waals surface area contributed by atoms with Gasteiger partial charge in [0.1, 0.15) is 6.04 Å². The second-order valence-electron chi connectivity index (χ2n) is 6.23. The van der Waals surface area contributed by atoms with Gasteiger partial charge in [-0.2, -0.15) is 0 Å². The molecule has 2 heterocycles. The first-order valence-electron chi connectivity index (χ1n) is 7.13. The van der Waals surface area contributed by atoms with Crippen LogP contribution >= 0.6 is 0 Å². The maximum atomic E-state index is 12.1. The minimum Gasteiger partial charge on any atom is -0.468 e. The second kappa shape index (κ2) is 5.57. The molecule has 2 aliphatic heterocycles. The highest BCUT2D eigenvalue weighted by Crippen LogP contribution is 2.38. The van der Waals surface area contributed by atoms with E-state index < -0.39 is 0 Å². The third-order valence-corrected chi connectivity index (χ3v) is 4.35. The average molecular weight is 254 g/mol. The van der Waals surface area contributed by atoms with E-state index >= 15 is 0 Å². The standard InChI is InChI=1S/C14H26N2O2/c1-9(2)6-13(14(17)18-3)16-11-4-5-12(16)8-10(15)7-11/h9-13H,4-8,15H2,1-3H3. The summed E-state index contributed by atoms with van der Waals surface area (Å²) in [6.07, 6.45) is 5.31. The molecule has 0 amide bonds. The van der Waals surface area contributed by atoms with Gasteiger partial charge in [0.15, 0.2) is 0 Å². The van der Waals surface area contributed by atoms with Gasteiger partial charge in [0, 0.05) is 18.1 Å². The SMILES string of the molecule is COC(=O)C(CC(C)C)N1C2CCC1CC(N)C2. The first kappa shape index (κ1) is 13.8. The van der Waals surface area contributed by atoms with E-state index in [1.807, 2.05) is 0 Å². The van der Waals surface area contributed by atoms with Crippen LogP contribution in [0.25, 0.3) is 0 Å². The quantitative estimate of drug-likeness (QED) is 0.773. The van der Waals surface area contributed by atoms with Crippen molar-refractivity contribution in [2.24, 2.45) is 11.7 Å². The Balaban J connectivity index is 2.13. The molecule has 2 N–H and O–H groups in total. The fraction of sp³-hybridized carbons (Fsp3) is 0.929. The Bertz CT molecular complexity index is 292. The van der Waals surface area contributed by atoms with E-state index in [1.54, 1.807) is 0 Å². The van der Waals surface area contributed by atoms with Crippen molar-refractivity contribution in [2.45, 2.75) is 70.1 Å². The minimum atomic E-state index is -0.0731. The van der Waals surface area contributed by atoms with Gasteiger partial charge in [-0.3, -0.25) is 9.69 Å². The highest BCUT2D eigenvalue weighted by Gasteiger charge is 2.45. The van der Waals surface area contributed by atoms with Gasteiger partial charge in [-0.25, -0.2) is 0 Å². The van der Waals surface area contributed by atoms with Gasteiger partial charge in [0.05, 0.1) is 7.11 Å². The van der Waals surface area contributed by atoms with Gasteiger partial charge in [-0.15, -0.1) is 0 Å². The molecule has 2 rings (SSSR count). The van der Waals surface area contributed by atoms with Crippen LogP contribution < -0.4 is 5.73 Å². The maximum absolute atomic E-state index is 12.1. The highest BCUT2D eigenvalue weighted by atomic mass is 16.5. The average Bonchev–Trinajstić information content (AvgIpc) is 2.57. The van der Waals surface area contributed by atoms with Gasteiger partial charge >= 0.3 is 5.97 Å². The van der Waals surface area contributed by atoms with Crippen LogP contribution in [0, 0.1) is 5.92 Å². The summed E-state index contributed by atoms with van der Waals surface area (Å²) in [5, 5.41) is 0. The van der Waals surface area contributed by atoms with Crippen LogP contribution in [0.3, 0.4) is 0 Å². The van der Waals surface area contributed by atoms with E-state index in [4.69, 9.17) is 10.5 Å². The highest BCUT2D eigenvalue weighted by molar-refractivity contribution is 5.75. The molecule has 18 heavy (non-hydrogen) atoms. The van der Waals surface area contributed by atoms with Crippen molar-refractivity contribution in [2.75, 3.05) is 7.11 Å². The lowest BCUT2D eigenvalue weighted by Gasteiger charge is -2.42. The fourth-order valence-corrected chi connectivity index (χ4v) is 3.69. The zero-order chi connectivity index (χ0) is 13.3. The number of carbonyl (C=O) groups excluding carboxylic acids is 1. The van der Waals surface area contributed by atoms with E-state index in [-0.39, 0.29) is 12.0 Å². The van der Waals surface area contributed by atoms with Crippen molar-refractivity contribution in [3.05, 3.63) is 0 Å². The fourth-order valence-electron chi connectivity index (χ4n) is 3.69. The summed E-state index contributed by atoms with van der Waals surface area (Å²) in [5.74, 6) is 0.431. The molecular formula is C14H26N2O2. The normalized spacial score (nSPS) is 33.7. The number of nitrogens with two attached hydrogens (primary N) is 1. The predicted octanol–water partition coefficient (Wildman–Crippen LogP) is 1.53. The summed E-state index contributed by atoms with van der Waals surface area (Å²) in [5.41, 5.74) is 6.08. The number of rotatable bonds is 4. The maximum Gasteiger partial charge on any atom is 0.323 e. The van der Waals surface area contributed by atoms with E-state index in [2.05, 4.69) is 18.7 Å². The summed E-state index contributed by atoms with van der Waals surface area (Å²) in [4.78, 5) is 14.5. The number of fused-ring (bicyclic) bond motifs is 2. The summed E-state index contributed by atoms with van der Waals surface area (Å²) >= 11 is 0. The van der Waals surface area contributed by atoms with Crippen LogP contribution in [0.1, 0.15) is 46.0 Å². The number of hydrogen-bond acceptors (Lipinski definition) is 4. The molecule has 0 aliphatic carbocycles. The Labute approximate surface area is 110 Å². The Morgan fingerprint density at radius 3 is 2.33 bits per heavy atom. The molecule has 0 aromatic heterocycles. The Hall–Kier alpha value is -0.610. The van der Waals surface area contributed by atoms with Gasteiger partial charge in [0.25, 0.3) is 0 Å². The van der Waals surface area contributed by atoms with Gasteiger partial charge in [-0.05, 0) is 38.0 Å². The summed E-state index contributed by atoms with van der Waals surface area (Å²) in [7, 11) is 1.49. The first-order valence-corrected chi connectivity index (χ1v) is 7.13. The number of methoxy groups -OCH3 is 1. The molecule has 3 unspecified atom stereocenters. The molecule has 4 nitrogen and oxygen atoms in total. The molecule has 2 bridgehead atoms. The van der Waals surface area contributed by atoms with Crippen molar-refractivity contribution in [3.8, 4) is 0 Å². The van der Waals surface area contributed by atoms with Gasteiger partial charge in [0.2, 0.25) is 0 Å². The topological polar surface area (TPSA) is 55.6 Å². The molecule has 0 spiro atoms. The molecule has 0 aromatic carbocycles. The summed E-state index contributed by atoms with van der Waals surface area (Å²) in [6, 6.07) is 1.22. The minimum absolute atomic E-state index is 0.0694. The predicted molar refractivity (Wildman–Crippen MR) is 71.1 cm³/mol. The largest absolute Gasteiger partial charge is 0.468 e. The molecule has 2 saturated heterocycles. The lowest BCUT2D eigenvalue weighted by atomic mass is 9.93. The zero-order valence-corrected chi connectivity index (χ0v) is 11.8. The van der Waals surface area contributed by atoms with Crippen molar-refractivity contribution in [1.82, 2.24) is 4.90 Å². The third-order valence-electron chi connectivity index (χ3n) is 4.35. The molecule has 104 valence electrons. The lowest BCUT2D eigenvalue weighted by Crippen LogP contribution is -2.55. The van der Waals surface area contributed by atoms with Crippen molar-refractivity contribution in [3.63, 3.8) is 0 Å². The first-order chi connectivity index (χ1) is 8.52. The van der Waals surface area contributed by atoms with Crippen LogP contribution in [0.4, 0.5) is 0 Å². The number of hydrogen-bond donors (Lipinski definition) is 1. The second-order valence-corrected chi connectivity index (χ2v) is 6.23. The number of ether oxygens (including phenoxy) is 1. The monoisotopic (exact) mass is 254 g/mol. The molecule has 4 heteroatoms. The lowest BCUT2D eigenvalue weighted by molar-refractivity contribution is -0.150. The van der Waals surface area contributed by atoms with Crippen LogP contribution in [0.5, 0.6) is 0 Å². The Kier molecular flexibility index (Phi) is 4.28. The van der Waals surface area contributed by atoms with E-state index in [1.165, 1.54) is 20.0 Å². The summed E-state index contributed by atoms with van der Waals surface area (Å²) < 4.78 is 5.01. The van der Waals surface area contributed by atoms with Crippen LogP contribution in [0.15, 0.2) is 0 Å². The zero-order valence-electron chi connectivity index (χ0n) is 11.8. The van der Waals surface area contributed by atoms with E-state index in [0.717, 1.165) is 19.3 Å². The molecule has 2 aliphatic rings. The summed E-state index contributed by atoms with van der Waals surface area (Å²) in [6.45, 7) is 4.32. The van der Waals surface area contributed by atoms with Crippen LogP contribution in [0.2, 0.25) is 0 Å². The molecule has 0 radical (unpaired) electrons. The molecule has 0 aromatic rings.